The van der Waals surface area contributed by atoms with Crippen LogP contribution in [-0.2, 0) is 14.8 Å². The Labute approximate surface area is 170 Å². The maximum absolute atomic E-state index is 14.1. The van der Waals surface area contributed by atoms with Crippen LogP contribution in [0.5, 0.6) is 0 Å². The number of anilines is 2. The van der Waals surface area contributed by atoms with Gasteiger partial charge in [-0.15, -0.1) is 0 Å². The molecule has 0 aliphatic heterocycles. The van der Waals surface area contributed by atoms with E-state index in [4.69, 9.17) is 0 Å². The number of carbonyl (C=O) groups excluding carboxylic acids is 2. The van der Waals surface area contributed by atoms with E-state index in [0.29, 0.717) is 10.8 Å². The highest BCUT2D eigenvalue weighted by Crippen LogP contribution is 2.22. The molecule has 0 spiro atoms. The molecule has 0 aliphatic rings. The van der Waals surface area contributed by atoms with Gasteiger partial charge in [-0.3, -0.25) is 13.9 Å². The van der Waals surface area contributed by atoms with E-state index >= 15 is 0 Å². The molecule has 0 heterocycles. The summed E-state index contributed by atoms with van der Waals surface area (Å²) < 4.78 is 39.0. The number of rotatable bonds is 9. The second-order valence-electron chi connectivity index (χ2n) is 6.42. The summed E-state index contributed by atoms with van der Waals surface area (Å²) in [7, 11) is -3.92. The Kier molecular flexibility index (Phi) is 7.72. The van der Waals surface area contributed by atoms with Gasteiger partial charge in [-0.05, 0) is 30.7 Å². The molecule has 0 bridgehead atoms. The van der Waals surface area contributed by atoms with Crippen molar-refractivity contribution in [3.63, 3.8) is 0 Å². The van der Waals surface area contributed by atoms with E-state index in [-0.39, 0.29) is 22.8 Å². The van der Waals surface area contributed by atoms with Crippen molar-refractivity contribution in [1.29, 1.82) is 0 Å². The van der Waals surface area contributed by atoms with Gasteiger partial charge in [-0.2, -0.15) is 0 Å². The van der Waals surface area contributed by atoms with E-state index in [0.717, 1.165) is 25.2 Å². The number of hydrogen-bond acceptors (Lipinski definition) is 4. The van der Waals surface area contributed by atoms with Crippen molar-refractivity contribution in [2.24, 2.45) is 0 Å². The summed E-state index contributed by atoms with van der Waals surface area (Å²) in [4.78, 5) is 24.9. The summed E-state index contributed by atoms with van der Waals surface area (Å²) in [6.07, 6.45) is 2.64. The maximum Gasteiger partial charge on any atom is 0.253 e. The average Bonchev–Trinajstić information content (AvgIpc) is 2.66. The van der Waals surface area contributed by atoms with Crippen LogP contribution < -0.4 is 14.9 Å². The predicted octanol–water partition coefficient (Wildman–Crippen LogP) is 2.76. The molecule has 0 fully saturated rings. The van der Waals surface area contributed by atoms with Crippen molar-refractivity contribution >= 4 is 33.2 Å². The van der Waals surface area contributed by atoms with Crippen LogP contribution in [0.15, 0.2) is 48.5 Å². The third-order valence-electron chi connectivity index (χ3n) is 4.07. The Hall–Kier alpha value is -2.94. The Bertz CT molecular complexity index is 979. The number of unbranched alkanes of at least 4 members (excludes halogenated alkanes) is 1. The van der Waals surface area contributed by atoms with Crippen LogP contribution in [0.2, 0.25) is 0 Å². The minimum atomic E-state index is -3.92. The number of hydrogen-bond donors (Lipinski definition) is 2. The fourth-order valence-corrected chi connectivity index (χ4v) is 3.48. The van der Waals surface area contributed by atoms with Gasteiger partial charge in [0.25, 0.3) is 5.91 Å². The first kappa shape index (κ1) is 22.4. The molecule has 0 saturated heterocycles. The molecular formula is C20H24FN3O4S. The lowest BCUT2D eigenvalue weighted by molar-refractivity contribution is -0.114. The highest BCUT2D eigenvalue weighted by atomic mass is 32.2. The Morgan fingerprint density at radius 2 is 1.72 bits per heavy atom. The first-order valence-electron chi connectivity index (χ1n) is 9.13. The average molecular weight is 421 g/mol. The fourth-order valence-electron chi connectivity index (χ4n) is 2.62. The zero-order chi connectivity index (χ0) is 21.4. The fraction of sp³-hybridized carbons (Fsp3) is 0.300. The molecule has 2 rings (SSSR count). The van der Waals surface area contributed by atoms with Gasteiger partial charge >= 0.3 is 0 Å². The number of halogens is 1. The molecule has 7 nitrogen and oxygen atoms in total. The summed E-state index contributed by atoms with van der Waals surface area (Å²) in [5, 5.41) is 5.31. The standard InChI is InChI=1S/C20H24FN3O4S/c1-3-4-13-22-20(26)15-9-5-7-11-17(15)23-19(25)14-24(29(2,27)28)18-12-8-6-10-16(18)21/h5-12H,3-4,13-14H2,1-2H3,(H,22,26)(H,23,25). The molecule has 2 aromatic carbocycles. The predicted molar refractivity (Wildman–Crippen MR) is 111 cm³/mol. The van der Waals surface area contributed by atoms with Crippen LogP contribution in [0.3, 0.4) is 0 Å². The van der Waals surface area contributed by atoms with Crippen LogP contribution >= 0.6 is 0 Å². The smallest absolute Gasteiger partial charge is 0.253 e. The maximum atomic E-state index is 14.1. The molecule has 0 unspecified atom stereocenters. The van der Waals surface area contributed by atoms with Crippen molar-refractivity contribution in [2.75, 3.05) is 29.0 Å². The van der Waals surface area contributed by atoms with Crippen LogP contribution in [0.25, 0.3) is 0 Å². The highest BCUT2D eigenvalue weighted by molar-refractivity contribution is 7.92. The van der Waals surface area contributed by atoms with E-state index in [1.165, 1.54) is 18.2 Å². The Morgan fingerprint density at radius 1 is 1.07 bits per heavy atom. The summed E-state index contributed by atoms with van der Waals surface area (Å²) in [6.45, 7) is 1.88. The minimum Gasteiger partial charge on any atom is -0.352 e. The number of sulfonamides is 1. The number of amides is 2. The molecule has 0 aromatic heterocycles. The first-order valence-corrected chi connectivity index (χ1v) is 11.0. The number of nitrogens with zero attached hydrogens (tertiary/aromatic N) is 1. The van der Waals surface area contributed by atoms with Gasteiger partial charge in [0.1, 0.15) is 12.4 Å². The van der Waals surface area contributed by atoms with E-state index in [2.05, 4.69) is 10.6 Å². The van der Waals surface area contributed by atoms with Crippen LogP contribution in [-0.4, -0.2) is 39.6 Å². The van der Waals surface area contributed by atoms with E-state index in [1.807, 2.05) is 6.92 Å². The van der Waals surface area contributed by atoms with Crippen LogP contribution in [0.4, 0.5) is 15.8 Å². The SMILES string of the molecule is CCCCNC(=O)c1ccccc1NC(=O)CN(c1ccccc1F)S(C)(=O)=O. The molecule has 0 saturated carbocycles. The molecule has 29 heavy (non-hydrogen) atoms. The number of carbonyl (C=O) groups is 2. The van der Waals surface area contributed by atoms with Crippen LogP contribution in [0, 0.1) is 5.82 Å². The Balaban J connectivity index is 2.19. The molecule has 2 N–H and O–H groups in total. The molecule has 0 radical (unpaired) electrons. The Morgan fingerprint density at radius 3 is 2.38 bits per heavy atom. The summed E-state index contributed by atoms with van der Waals surface area (Å²) >= 11 is 0. The van der Waals surface area contributed by atoms with E-state index in [1.54, 1.807) is 24.3 Å². The van der Waals surface area contributed by atoms with Crippen molar-refractivity contribution < 1.29 is 22.4 Å². The number of para-hydroxylation sites is 2. The lowest BCUT2D eigenvalue weighted by atomic mass is 10.1. The summed E-state index contributed by atoms with van der Waals surface area (Å²) in [5.74, 6) is -1.81. The van der Waals surface area contributed by atoms with Gasteiger partial charge in [0, 0.05) is 6.54 Å². The minimum absolute atomic E-state index is 0.226. The highest BCUT2D eigenvalue weighted by Gasteiger charge is 2.24. The zero-order valence-corrected chi connectivity index (χ0v) is 17.1. The molecule has 2 amide bonds. The van der Waals surface area contributed by atoms with Gasteiger partial charge < -0.3 is 10.6 Å². The molecule has 0 atom stereocenters. The van der Waals surface area contributed by atoms with Gasteiger partial charge in [0.05, 0.1) is 23.2 Å². The zero-order valence-electron chi connectivity index (χ0n) is 16.3. The normalized spacial score (nSPS) is 11.0. The second kappa shape index (κ2) is 10.0. The van der Waals surface area contributed by atoms with E-state index < -0.39 is 28.3 Å². The third-order valence-corrected chi connectivity index (χ3v) is 5.20. The van der Waals surface area contributed by atoms with Crippen LogP contribution in [0.1, 0.15) is 30.1 Å². The molecule has 0 aliphatic carbocycles. The quantitative estimate of drug-likeness (QED) is 0.609. The van der Waals surface area contributed by atoms with Gasteiger partial charge in [-0.1, -0.05) is 37.6 Å². The van der Waals surface area contributed by atoms with Gasteiger partial charge in [0.2, 0.25) is 15.9 Å². The second-order valence-corrected chi connectivity index (χ2v) is 8.33. The summed E-state index contributed by atoms with van der Waals surface area (Å²) in [6, 6.07) is 11.7. The van der Waals surface area contributed by atoms with Crippen molar-refractivity contribution in [3.05, 3.63) is 59.9 Å². The van der Waals surface area contributed by atoms with E-state index in [9.17, 15) is 22.4 Å². The topological polar surface area (TPSA) is 95.6 Å². The summed E-state index contributed by atoms with van der Waals surface area (Å²) in [5.41, 5.74) is 0.276. The molecule has 156 valence electrons. The number of benzene rings is 2. The van der Waals surface area contributed by atoms with Crippen molar-refractivity contribution in [2.45, 2.75) is 19.8 Å². The molecular weight excluding hydrogens is 397 g/mol. The first-order chi connectivity index (χ1) is 13.7. The monoisotopic (exact) mass is 421 g/mol. The lowest BCUT2D eigenvalue weighted by Gasteiger charge is -2.22. The third kappa shape index (κ3) is 6.28. The largest absolute Gasteiger partial charge is 0.352 e. The molecule has 2 aromatic rings. The van der Waals surface area contributed by atoms with Crippen molar-refractivity contribution in [1.82, 2.24) is 5.32 Å². The van der Waals surface area contributed by atoms with Crippen molar-refractivity contribution in [3.8, 4) is 0 Å². The van der Waals surface area contributed by atoms with Gasteiger partial charge in [-0.25, -0.2) is 12.8 Å². The van der Waals surface area contributed by atoms with Gasteiger partial charge in [0.15, 0.2) is 0 Å². The lowest BCUT2D eigenvalue weighted by Crippen LogP contribution is -2.38. The number of nitrogens with one attached hydrogen (secondary N) is 2. The molecule has 9 heteroatoms.